The van der Waals surface area contributed by atoms with Crippen LogP contribution in [0.1, 0.15) is 44.0 Å². The zero-order valence-corrected chi connectivity index (χ0v) is 14.9. The summed E-state index contributed by atoms with van der Waals surface area (Å²) in [6.07, 6.45) is 4.17. The molecule has 6 nitrogen and oxygen atoms in total. The lowest BCUT2D eigenvalue weighted by atomic mass is 9.95. The molecule has 1 aliphatic carbocycles. The van der Waals surface area contributed by atoms with Crippen LogP contribution in [0, 0.1) is 0 Å². The summed E-state index contributed by atoms with van der Waals surface area (Å²) in [6, 6.07) is 10.9. The molecule has 25 heavy (non-hydrogen) atoms. The Morgan fingerprint density at radius 2 is 1.84 bits per heavy atom. The fourth-order valence-corrected chi connectivity index (χ4v) is 4.05. The fraction of sp³-hybridized carbons (Fsp3) is 0.526. The van der Waals surface area contributed by atoms with Crippen LogP contribution in [0.3, 0.4) is 0 Å². The molecule has 1 saturated carbocycles. The number of nitrogens with one attached hydrogen (secondary N) is 1. The van der Waals surface area contributed by atoms with Gasteiger partial charge in [0, 0.05) is 33.1 Å². The second-order valence-corrected chi connectivity index (χ2v) is 7.29. The minimum Gasteiger partial charge on any atom is -0.353 e. The summed E-state index contributed by atoms with van der Waals surface area (Å²) in [6.45, 7) is 3.38. The number of piperidine rings is 1. The number of carbonyl (C=O) groups is 1. The molecule has 4 rings (SSSR count). The van der Waals surface area contributed by atoms with Gasteiger partial charge in [0.2, 0.25) is 11.9 Å². The lowest BCUT2D eigenvalue weighted by Gasteiger charge is -2.32. The molecule has 0 atom stereocenters. The Morgan fingerprint density at radius 3 is 2.44 bits per heavy atom. The van der Waals surface area contributed by atoms with Gasteiger partial charge in [-0.3, -0.25) is 9.36 Å². The van der Waals surface area contributed by atoms with E-state index in [0.29, 0.717) is 0 Å². The SMILES string of the molecule is CC(=O)NC1CCN(c2nnc(C3(c4ccccc4)CC3)n2C)CC1. The molecule has 1 saturated heterocycles. The van der Waals surface area contributed by atoms with Gasteiger partial charge in [-0.2, -0.15) is 0 Å². The third kappa shape index (κ3) is 2.90. The van der Waals surface area contributed by atoms with Crippen molar-refractivity contribution in [1.82, 2.24) is 20.1 Å². The number of nitrogens with zero attached hydrogens (tertiary/aromatic N) is 4. The highest BCUT2D eigenvalue weighted by atomic mass is 16.1. The number of benzene rings is 1. The van der Waals surface area contributed by atoms with Crippen molar-refractivity contribution in [1.29, 1.82) is 0 Å². The van der Waals surface area contributed by atoms with Gasteiger partial charge in [-0.1, -0.05) is 30.3 Å². The van der Waals surface area contributed by atoms with Gasteiger partial charge in [0.25, 0.3) is 0 Å². The summed E-state index contributed by atoms with van der Waals surface area (Å²) >= 11 is 0. The minimum absolute atomic E-state index is 0.0375. The molecule has 2 aromatic rings. The number of aromatic nitrogens is 3. The summed E-state index contributed by atoms with van der Waals surface area (Å²) in [7, 11) is 2.08. The fourth-order valence-electron chi connectivity index (χ4n) is 4.05. The summed E-state index contributed by atoms with van der Waals surface area (Å²) in [5, 5.41) is 12.1. The smallest absolute Gasteiger partial charge is 0.226 e. The summed E-state index contributed by atoms with van der Waals surface area (Å²) in [5.41, 5.74) is 1.37. The van der Waals surface area contributed by atoms with Gasteiger partial charge in [-0.25, -0.2) is 0 Å². The van der Waals surface area contributed by atoms with Gasteiger partial charge in [0.05, 0.1) is 5.41 Å². The third-order valence-electron chi connectivity index (χ3n) is 5.54. The van der Waals surface area contributed by atoms with Crippen LogP contribution >= 0.6 is 0 Å². The molecule has 0 bridgehead atoms. The molecule has 132 valence electrons. The van der Waals surface area contributed by atoms with E-state index in [2.05, 4.69) is 62.4 Å². The molecular formula is C19H25N5O. The van der Waals surface area contributed by atoms with Crippen LogP contribution in [0.4, 0.5) is 5.95 Å². The van der Waals surface area contributed by atoms with Crippen LogP contribution in [0.25, 0.3) is 0 Å². The summed E-state index contributed by atoms with van der Waals surface area (Å²) in [4.78, 5) is 13.5. The number of hydrogen-bond acceptors (Lipinski definition) is 4. The molecular weight excluding hydrogens is 314 g/mol. The molecule has 2 heterocycles. The highest BCUT2D eigenvalue weighted by Gasteiger charge is 2.50. The highest BCUT2D eigenvalue weighted by molar-refractivity contribution is 5.73. The zero-order valence-electron chi connectivity index (χ0n) is 14.9. The van der Waals surface area contributed by atoms with Crippen molar-refractivity contribution in [3.63, 3.8) is 0 Å². The third-order valence-corrected chi connectivity index (χ3v) is 5.54. The Bertz CT molecular complexity index is 757. The molecule has 6 heteroatoms. The second-order valence-electron chi connectivity index (χ2n) is 7.29. The Balaban J connectivity index is 1.52. The molecule has 1 N–H and O–H groups in total. The molecule has 0 unspecified atom stereocenters. The molecule has 2 aliphatic rings. The van der Waals surface area contributed by atoms with Crippen molar-refractivity contribution in [2.24, 2.45) is 7.05 Å². The van der Waals surface area contributed by atoms with E-state index in [1.54, 1.807) is 6.92 Å². The van der Waals surface area contributed by atoms with Gasteiger partial charge in [-0.05, 0) is 31.2 Å². The van der Waals surface area contributed by atoms with Gasteiger partial charge in [0.1, 0.15) is 5.82 Å². The lowest BCUT2D eigenvalue weighted by Crippen LogP contribution is -2.44. The van der Waals surface area contributed by atoms with Crippen LogP contribution in [-0.4, -0.2) is 39.8 Å². The highest BCUT2D eigenvalue weighted by Crippen LogP contribution is 2.52. The van der Waals surface area contributed by atoms with E-state index in [1.165, 1.54) is 5.56 Å². The van der Waals surface area contributed by atoms with E-state index >= 15 is 0 Å². The van der Waals surface area contributed by atoms with Gasteiger partial charge in [0.15, 0.2) is 0 Å². The first-order valence-electron chi connectivity index (χ1n) is 9.07. The van der Waals surface area contributed by atoms with Crippen LogP contribution in [0.5, 0.6) is 0 Å². The number of anilines is 1. The van der Waals surface area contributed by atoms with Crippen molar-refractivity contribution in [3.05, 3.63) is 41.7 Å². The first-order chi connectivity index (χ1) is 12.1. The van der Waals surface area contributed by atoms with Crippen molar-refractivity contribution in [2.45, 2.75) is 44.1 Å². The first-order valence-corrected chi connectivity index (χ1v) is 9.07. The van der Waals surface area contributed by atoms with Crippen molar-refractivity contribution in [3.8, 4) is 0 Å². The number of carbonyl (C=O) groups excluding carboxylic acids is 1. The standard InChI is InChI=1S/C19H25N5O/c1-14(25)20-16-8-12-24(13-9-16)18-22-21-17(23(18)2)19(10-11-19)15-6-4-3-5-7-15/h3-7,16H,8-13H2,1-2H3,(H,20,25). The Hall–Kier alpha value is -2.37. The maximum Gasteiger partial charge on any atom is 0.226 e. The van der Waals surface area contributed by atoms with E-state index in [4.69, 9.17) is 0 Å². The lowest BCUT2D eigenvalue weighted by molar-refractivity contribution is -0.119. The largest absolute Gasteiger partial charge is 0.353 e. The summed E-state index contributed by atoms with van der Waals surface area (Å²) in [5.74, 6) is 2.06. The number of hydrogen-bond donors (Lipinski definition) is 1. The predicted molar refractivity (Wildman–Crippen MR) is 96.5 cm³/mol. The van der Waals surface area contributed by atoms with Crippen LogP contribution in [0.15, 0.2) is 30.3 Å². The van der Waals surface area contributed by atoms with E-state index < -0.39 is 0 Å². The second kappa shape index (κ2) is 6.17. The predicted octanol–water partition coefficient (Wildman–Crippen LogP) is 2.00. The number of amides is 1. The van der Waals surface area contributed by atoms with Crippen molar-refractivity contribution in [2.75, 3.05) is 18.0 Å². The van der Waals surface area contributed by atoms with Crippen LogP contribution in [-0.2, 0) is 17.3 Å². The van der Waals surface area contributed by atoms with Gasteiger partial charge >= 0.3 is 0 Å². The molecule has 0 radical (unpaired) electrons. The van der Waals surface area contributed by atoms with Crippen molar-refractivity contribution < 1.29 is 4.79 Å². The maximum absolute atomic E-state index is 11.2. The molecule has 1 aromatic heterocycles. The molecule has 1 aliphatic heterocycles. The minimum atomic E-state index is 0.0375. The Kier molecular flexibility index (Phi) is 3.98. The maximum atomic E-state index is 11.2. The van der Waals surface area contributed by atoms with E-state index in [-0.39, 0.29) is 17.4 Å². The van der Waals surface area contributed by atoms with Crippen LogP contribution < -0.4 is 10.2 Å². The summed E-state index contributed by atoms with van der Waals surface area (Å²) < 4.78 is 2.17. The number of rotatable bonds is 4. The topological polar surface area (TPSA) is 63.1 Å². The normalized spacial score (nSPS) is 19.7. The molecule has 1 aromatic carbocycles. The Labute approximate surface area is 148 Å². The molecule has 0 spiro atoms. The average Bonchev–Trinajstić information content (AvgIpc) is 3.33. The molecule has 2 fully saturated rings. The van der Waals surface area contributed by atoms with Crippen LogP contribution in [0.2, 0.25) is 0 Å². The quantitative estimate of drug-likeness (QED) is 0.925. The van der Waals surface area contributed by atoms with E-state index in [0.717, 1.165) is 50.5 Å². The first kappa shape index (κ1) is 16.1. The monoisotopic (exact) mass is 339 g/mol. The average molecular weight is 339 g/mol. The zero-order chi connectivity index (χ0) is 17.4. The van der Waals surface area contributed by atoms with Crippen molar-refractivity contribution >= 4 is 11.9 Å². The van der Waals surface area contributed by atoms with E-state index in [9.17, 15) is 4.79 Å². The van der Waals surface area contributed by atoms with Gasteiger partial charge in [-0.15, -0.1) is 10.2 Å². The van der Waals surface area contributed by atoms with E-state index in [1.807, 2.05) is 0 Å². The Morgan fingerprint density at radius 1 is 1.16 bits per heavy atom. The molecule has 1 amide bonds. The van der Waals surface area contributed by atoms with Gasteiger partial charge < -0.3 is 10.2 Å².